The van der Waals surface area contributed by atoms with Crippen molar-refractivity contribution < 1.29 is 0 Å². The van der Waals surface area contributed by atoms with E-state index in [1.54, 1.807) is 18.3 Å². The Hall–Kier alpha value is -2.54. The lowest BCUT2D eigenvalue weighted by Crippen LogP contribution is -2.23. The normalized spacial score (nSPS) is 9.89. The molecule has 96 valence electrons. The van der Waals surface area contributed by atoms with Gasteiger partial charge in [0.15, 0.2) is 0 Å². The van der Waals surface area contributed by atoms with E-state index in [4.69, 9.17) is 11.0 Å². The van der Waals surface area contributed by atoms with Crippen LogP contribution in [0.3, 0.4) is 0 Å². The molecule has 2 N–H and O–H groups in total. The number of nitriles is 1. The number of pyridine rings is 1. The molecule has 0 aliphatic carbocycles. The van der Waals surface area contributed by atoms with E-state index in [-0.39, 0.29) is 0 Å². The predicted octanol–water partition coefficient (Wildman–Crippen LogP) is 2.56. The molecule has 0 saturated carbocycles. The minimum atomic E-state index is 0.579. The number of nitrogen functional groups attached to an aromatic ring is 1. The summed E-state index contributed by atoms with van der Waals surface area (Å²) >= 11 is 0. The first-order chi connectivity index (χ1) is 9.24. The summed E-state index contributed by atoms with van der Waals surface area (Å²) in [7, 11) is 0. The minimum absolute atomic E-state index is 0.579. The van der Waals surface area contributed by atoms with Crippen molar-refractivity contribution in [2.24, 2.45) is 0 Å². The van der Waals surface area contributed by atoms with Crippen LogP contribution in [0.15, 0.2) is 42.6 Å². The molecule has 0 amide bonds. The summed E-state index contributed by atoms with van der Waals surface area (Å²) < 4.78 is 0. The summed E-state index contributed by atoms with van der Waals surface area (Å²) in [4.78, 5) is 6.46. The molecule has 1 aromatic heterocycles. The average molecular weight is 252 g/mol. The lowest BCUT2D eigenvalue weighted by atomic mass is 10.1. The van der Waals surface area contributed by atoms with E-state index in [1.165, 1.54) is 0 Å². The Bertz CT molecular complexity index is 587. The molecular weight excluding hydrogens is 236 g/mol. The van der Waals surface area contributed by atoms with Crippen molar-refractivity contribution in [1.82, 2.24) is 4.98 Å². The molecular formula is C15H16N4. The Morgan fingerprint density at radius 2 is 2.16 bits per heavy atom. The molecule has 0 saturated heterocycles. The molecule has 19 heavy (non-hydrogen) atoms. The van der Waals surface area contributed by atoms with Crippen molar-refractivity contribution in [2.45, 2.75) is 13.5 Å². The number of hydrogen-bond acceptors (Lipinski definition) is 4. The number of rotatable bonds is 4. The van der Waals surface area contributed by atoms with Crippen LogP contribution >= 0.6 is 0 Å². The predicted molar refractivity (Wildman–Crippen MR) is 76.5 cm³/mol. The second-order valence-electron chi connectivity index (χ2n) is 4.22. The summed E-state index contributed by atoms with van der Waals surface area (Å²) in [5.41, 5.74) is 9.15. The number of nitrogens with two attached hydrogens (primary N) is 1. The zero-order chi connectivity index (χ0) is 13.7. The van der Waals surface area contributed by atoms with Crippen LogP contribution in [0, 0.1) is 11.3 Å². The molecule has 1 heterocycles. The van der Waals surface area contributed by atoms with Crippen LogP contribution in [0.5, 0.6) is 0 Å². The Morgan fingerprint density at radius 3 is 2.74 bits per heavy atom. The molecule has 0 aliphatic heterocycles. The fourth-order valence-corrected chi connectivity index (χ4v) is 1.97. The van der Waals surface area contributed by atoms with Gasteiger partial charge in [0.05, 0.1) is 35.2 Å². The summed E-state index contributed by atoms with van der Waals surface area (Å²) in [5, 5.41) is 8.85. The Kier molecular flexibility index (Phi) is 3.99. The van der Waals surface area contributed by atoms with E-state index in [0.717, 1.165) is 17.9 Å². The van der Waals surface area contributed by atoms with Crippen LogP contribution in [0.2, 0.25) is 0 Å². The Labute approximate surface area is 113 Å². The van der Waals surface area contributed by atoms with E-state index in [9.17, 15) is 0 Å². The summed E-state index contributed by atoms with van der Waals surface area (Å²) in [6, 6.07) is 13.3. The maximum Gasteiger partial charge on any atom is 0.0992 e. The van der Waals surface area contributed by atoms with E-state index < -0.39 is 0 Å². The lowest BCUT2D eigenvalue weighted by Gasteiger charge is -2.24. The van der Waals surface area contributed by atoms with Crippen LogP contribution in [0.1, 0.15) is 18.2 Å². The van der Waals surface area contributed by atoms with Crippen LogP contribution < -0.4 is 10.6 Å². The van der Waals surface area contributed by atoms with Gasteiger partial charge in [-0.15, -0.1) is 0 Å². The van der Waals surface area contributed by atoms with Crippen LogP contribution in [-0.4, -0.2) is 11.5 Å². The quantitative estimate of drug-likeness (QED) is 0.849. The van der Waals surface area contributed by atoms with Gasteiger partial charge in [-0.05, 0) is 37.3 Å². The fourth-order valence-electron chi connectivity index (χ4n) is 1.97. The second kappa shape index (κ2) is 5.87. The number of benzene rings is 1. The van der Waals surface area contributed by atoms with E-state index in [0.29, 0.717) is 17.8 Å². The molecule has 0 atom stereocenters. The SMILES string of the molecule is CCN(Cc1ccccn1)c1ccc(C#N)cc1N. The molecule has 0 unspecified atom stereocenters. The van der Waals surface area contributed by atoms with Gasteiger partial charge in [0.1, 0.15) is 0 Å². The molecule has 2 rings (SSSR count). The average Bonchev–Trinajstić information content (AvgIpc) is 2.46. The monoisotopic (exact) mass is 252 g/mol. The molecule has 0 radical (unpaired) electrons. The van der Waals surface area contributed by atoms with Gasteiger partial charge in [-0.1, -0.05) is 6.07 Å². The van der Waals surface area contributed by atoms with Crippen molar-refractivity contribution >= 4 is 11.4 Å². The zero-order valence-electron chi connectivity index (χ0n) is 10.9. The molecule has 0 bridgehead atoms. The van der Waals surface area contributed by atoms with Crippen molar-refractivity contribution in [2.75, 3.05) is 17.2 Å². The maximum absolute atomic E-state index is 8.85. The number of aromatic nitrogens is 1. The summed E-state index contributed by atoms with van der Waals surface area (Å²) in [6.07, 6.45) is 1.78. The Balaban J connectivity index is 2.25. The van der Waals surface area contributed by atoms with Gasteiger partial charge >= 0.3 is 0 Å². The van der Waals surface area contributed by atoms with Gasteiger partial charge in [0.25, 0.3) is 0 Å². The highest BCUT2D eigenvalue weighted by Crippen LogP contribution is 2.25. The van der Waals surface area contributed by atoms with Gasteiger partial charge in [-0.25, -0.2) is 0 Å². The largest absolute Gasteiger partial charge is 0.397 e. The zero-order valence-corrected chi connectivity index (χ0v) is 10.9. The van der Waals surface area contributed by atoms with E-state index in [2.05, 4.69) is 22.9 Å². The maximum atomic E-state index is 8.85. The molecule has 0 spiro atoms. The van der Waals surface area contributed by atoms with Crippen LogP contribution in [-0.2, 0) is 6.54 Å². The number of anilines is 2. The smallest absolute Gasteiger partial charge is 0.0992 e. The van der Waals surface area contributed by atoms with Crippen molar-refractivity contribution in [3.8, 4) is 6.07 Å². The molecule has 0 fully saturated rings. The van der Waals surface area contributed by atoms with E-state index >= 15 is 0 Å². The van der Waals surface area contributed by atoms with Crippen molar-refractivity contribution in [3.05, 3.63) is 53.9 Å². The number of hydrogen-bond donors (Lipinski definition) is 1. The van der Waals surface area contributed by atoms with Gasteiger partial charge in [-0.3, -0.25) is 4.98 Å². The minimum Gasteiger partial charge on any atom is -0.397 e. The number of nitrogens with zero attached hydrogens (tertiary/aromatic N) is 3. The third-order valence-electron chi connectivity index (χ3n) is 2.96. The third-order valence-corrected chi connectivity index (χ3v) is 2.96. The third kappa shape index (κ3) is 3.02. The standard InChI is InChI=1S/C15H16N4/c1-2-19(11-13-5-3-4-8-18-13)15-7-6-12(10-16)9-14(15)17/h3-9H,2,11,17H2,1H3. The first-order valence-electron chi connectivity index (χ1n) is 6.19. The highest BCUT2D eigenvalue weighted by molar-refractivity contribution is 5.69. The Morgan fingerprint density at radius 1 is 1.32 bits per heavy atom. The molecule has 4 nitrogen and oxygen atoms in total. The first kappa shape index (κ1) is 12.9. The second-order valence-corrected chi connectivity index (χ2v) is 4.22. The van der Waals surface area contributed by atoms with E-state index in [1.807, 2.05) is 24.3 Å². The van der Waals surface area contributed by atoms with Gasteiger partial charge in [0.2, 0.25) is 0 Å². The van der Waals surface area contributed by atoms with Crippen LogP contribution in [0.4, 0.5) is 11.4 Å². The molecule has 0 aliphatic rings. The summed E-state index contributed by atoms with van der Waals surface area (Å²) in [6.45, 7) is 3.60. The fraction of sp³-hybridized carbons (Fsp3) is 0.200. The van der Waals surface area contributed by atoms with Crippen molar-refractivity contribution in [1.29, 1.82) is 5.26 Å². The van der Waals surface area contributed by atoms with Gasteiger partial charge in [0, 0.05) is 12.7 Å². The summed E-state index contributed by atoms with van der Waals surface area (Å²) in [5.74, 6) is 0. The lowest BCUT2D eigenvalue weighted by molar-refractivity contribution is 0.811. The highest BCUT2D eigenvalue weighted by Gasteiger charge is 2.09. The highest BCUT2D eigenvalue weighted by atomic mass is 15.1. The first-order valence-corrected chi connectivity index (χ1v) is 6.19. The van der Waals surface area contributed by atoms with Gasteiger partial charge < -0.3 is 10.6 Å². The van der Waals surface area contributed by atoms with Crippen LogP contribution in [0.25, 0.3) is 0 Å². The molecule has 4 heteroatoms. The topological polar surface area (TPSA) is 65.9 Å². The molecule has 1 aromatic carbocycles. The van der Waals surface area contributed by atoms with Gasteiger partial charge in [-0.2, -0.15) is 5.26 Å². The molecule has 2 aromatic rings. The van der Waals surface area contributed by atoms with Crippen molar-refractivity contribution in [3.63, 3.8) is 0 Å².